The summed E-state index contributed by atoms with van der Waals surface area (Å²) in [6.07, 6.45) is 5.71. The molecule has 0 aliphatic rings. The van der Waals surface area contributed by atoms with E-state index in [4.69, 9.17) is 0 Å². The van der Waals surface area contributed by atoms with Gasteiger partial charge in [0, 0.05) is 35.8 Å². The molecule has 1 aromatic carbocycles. The predicted octanol–water partition coefficient (Wildman–Crippen LogP) is 2.77. The van der Waals surface area contributed by atoms with Gasteiger partial charge < -0.3 is 14.4 Å². The van der Waals surface area contributed by atoms with Crippen molar-refractivity contribution in [1.29, 1.82) is 0 Å². The van der Waals surface area contributed by atoms with Crippen molar-refractivity contribution in [3.8, 4) is 0 Å². The maximum absolute atomic E-state index is 11.7. The van der Waals surface area contributed by atoms with Crippen molar-refractivity contribution in [2.75, 3.05) is 6.61 Å². The number of carbonyl (C=O) groups excluding carboxylic acids is 2. The highest BCUT2D eigenvalue weighted by atomic mass is 16.5. The lowest BCUT2D eigenvalue weighted by atomic mass is 10.1. The van der Waals surface area contributed by atoms with Gasteiger partial charge in [-0.25, -0.2) is 4.79 Å². The highest BCUT2D eigenvalue weighted by molar-refractivity contribution is 6.06. The topological polar surface area (TPSA) is 68.5 Å². The molecule has 0 atom stereocenters. The lowest BCUT2D eigenvalue weighted by Crippen LogP contribution is -2.08. The average Bonchev–Trinajstić information content (AvgIpc) is 2.82. The summed E-state index contributed by atoms with van der Waals surface area (Å²) in [5.41, 5.74) is 1.94. The van der Waals surface area contributed by atoms with Gasteiger partial charge in [-0.1, -0.05) is 18.2 Å². The maximum atomic E-state index is 11.7. The quantitative estimate of drug-likeness (QED) is 0.523. The van der Waals surface area contributed by atoms with Crippen LogP contribution in [0, 0.1) is 0 Å². The summed E-state index contributed by atoms with van der Waals surface area (Å²) >= 11 is 0. The van der Waals surface area contributed by atoms with Crippen LogP contribution in [0.5, 0.6) is 0 Å². The Hall–Kier alpha value is -2.82. The molecule has 2 rings (SSSR count). The maximum Gasteiger partial charge on any atom is 0.373 e. The van der Waals surface area contributed by atoms with E-state index >= 15 is 0 Å². The summed E-state index contributed by atoms with van der Waals surface area (Å²) in [5.74, 6) is -2.10. The van der Waals surface area contributed by atoms with Crippen LogP contribution in [0.1, 0.15) is 12.5 Å². The van der Waals surface area contributed by atoms with Crippen LogP contribution in [-0.4, -0.2) is 28.0 Å². The Balaban J connectivity index is 2.19. The van der Waals surface area contributed by atoms with E-state index in [1.54, 1.807) is 13.0 Å². The van der Waals surface area contributed by atoms with E-state index in [0.29, 0.717) is 0 Å². The third-order valence-corrected chi connectivity index (χ3v) is 3.12. The Bertz CT molecular complexity index is 768. The van der Waals surface area contributed by atoms with Crippen LogP contribution >= 0.6 is 0 Å². The Morgan fingerprint density at radius 2 is 2.05 bits per heavy atom. The molecule has 0 aliphatic heterocycles. The summed E-state index contributed by atoms with van der Waals surface area (Å²) in [6.45, 7) is 1.75. The summed E-state index contributed by atoms with van der Waals surface area (Å²) in [6, 6.07) is 7.82. The van der Waals surface area contributed by atoms with Crippen molar-refractivity contribution >= 4 is 28.7 Å². The van der Waals surface area contributed by atoms with Crippen LogP contribution in [0.4, 0.5) is 0 Å². The molecule has 2 aromatic rings. The number of aromatic nitrogens is 1. The molecule has 1 aromatic heterocycles. The normalized spacial score (nSPS) is 12.0. The third-order valence-electron chi connectivity index (χ3n) is 3.12. The first-order valence-electron chi connectivity index (χ1n) is 6.86. The van der Waals surface area contributed by atoms with E-state index in [0.717, 1.165) is 22.5 Å². The van der Waals surface area contributed by atoms with Crippen LogP contribution in [-0.2, 0) is 21.4 Å². The van der Waals surface area contributed by atoms with Crippen LogP contribution in [0.25, 0.3) is 17.0 Å². The number of carbonyl (C=O) groups is 2. The number of para-hydroxylation sites is 1. The molecule has 0 saturated carbocycles. The molecule has 1 N–H and O–H groups in total. The fourth-order valence-electron chi connectivity index (χ4n) is 2.12. The number of fused-ring (bicyclic) bond motifs is 1. The first kappa shape index (κ1) is 15.6. The molecular formula is C17H17NO4. The number of rotatable bonds is 5. The number of ketones is 1. The monoisotopic (exact) mass is 299 g/mol. The number of esters is 1. The van der Waals surface area contributed by atoms with Gasteiger partial charge in [0.2, 0.25) is 5.76 Å². The van der Waals surface area contributed by atoms with Crippen molar-refractivity contribution < 1.29 is 19.4 Å². The van der Waals surface area contributed by atoms with Crippen molar-refractivity contribution in [3.63, 3.8) is 0 Å². The van der Waals surface area contributed by atoms with Crippen LogP contribution in [0.3, 0.4) is 0 Å². The van der Waals surface area contributed by atoms with Gasteiger partial charge in [-0.3, -0.25) is 4.79 Å². The number of hydrogen-bond donors (Lipinski definition) is 1. The Kier molecular flexibility index (Phi) is 4.78. The van der Waals surface area contributed by atoms with Gasteiger partial charge in [0.05, 0.1) is 6.61 Å². The van der Waals surface area contributed by atoms with Crippen LogP contribution in [0.15, 0.2) is 48.4 Å². The van der Waals surface area contributed by atoms with Gasteiger partial charge in [0.15, 0.2) is 5.78 Å². The van der Waals surface area contributed by atoms with E-state index in [9.17, 15) is 14.7 Å². The molecule has 114 valence electrons. The number of benzene rings is 1. The number of aryl methyl sites for hydroxylation is 1. The molecule has 0 amide bonds. The third kappa shape index (κ3) is 3.44. The summed E-state index contributed by atoms with van der Waals surface area (Å²) in [4.78, 5) is 23.0. The van der Waals surface area contributed by atoms with Crippen molar-refractivity contribution in [2.24, 2.45) is 7.05 Å². The molecule has 22 heavy (non-hydrogen) atoms. The minimum Gasteiger partial charge on any atom is -0.502 e. The first-order valence-corrected chi connectivity index (χ1v) is 6.86. The van der Waals surface area contributed by atoms with Crippen LogP contribution in [0.2, 0.25) is 0 Å². The molecule has 5 heteroatoms. The summed E-state index contributed by atoms with van der Waals surface area (Å²) in [7, 11) is 1.92. The summed E-state index contributed by atoms with van der Waals surface area (Å²) < 4.78 is 6.56. The van der Waals surface area contributed by atoms with E-state index in [1.807, 2.05) is 42.1 Å². The second-order valence-electron chi connectivity index (χ2n) is 4.70. The molecule has 0 unspecified atom stereocenters. The molecule has 5 nitrogen and oxygen atoms in total. The second kappa shape index (κ2) is 6.76. The SMILES string of the molecule is CCOC(=O)/C(O)=C/C(=O)/C=C/c1cn(C)c2ccccc12. The fourth-order valence-corrected chi connectivity index (χ4v) is 2.12. The molecule has 0 aliphatic carbocycles. The average molecular weight is 299 g/mol. The molecule has 0 fully saturated rings. The standard InChI is InChI=1S/C17H17NO4/c1-3-22-17(21)16(20)10-13(19)9-8-12-11-18(2)15-7-5-4-6-14(12)15/h4-11,20H,3H2,1-2H3/b9-8+,16-10-. The number of nitrogens with zero attached hydrogens (tertiary/aromatic N) is 1. The van der Waals surface area contributed by atoms with Gasteiger partial charge in [-0.05, 0) is 25.1 Å². The first-order chi connectivity index (χ1) is 10.5. The largest absolute Gasteiger partial charge is 0.502 e. The minimum atomic E-state index is -0.908. The van der Waals surface area contributed by atoms with Gasteiger partial charge >= 0.3 is 5.97 Å². The highest BCUT2D eigenvalue weighted by Gasteiger charge is 2.09. The van der Waals surface area contributed by atoms with E-state index < -0.39 is 17.5 Å². The Morgan fingerprint density at radius 1 is 1.32 bits per heavy atom. The molecule has 0 saturated heterocycles. The zero-order chi connectivity index (χ0) is 16.1. The molecule has 0 radical (unpaired) electrons. The van der Waals surface area contributed by atoms with Crippen molar-refractivity contribution in [1.82, 2.24) is 4.57 Å². The number of aliphatic hydroxyl groups excluding tert-OH is 1. The van der Waals surface area contributed by atoms with Crippen LogP contribution < -0.4 is 0 Å². The molecule has 0 spiro atoms. The number of hydrogen-bond acceptors (Lipinski definition) is 4. The van der Waals surface area contributed by atoms with Gasteiger partial charge in [0.25, 0.3) is 0 Å². The van der Waals surface area contributed by atoms with Gasteiger partial charge in [-0.15, -0.1) is 0 Å². The number of aliphatic hydroxyl groups is 1. The predicted molar refractivity (Wildman–Crippen MR) is 84.3 cm³/mol. The number of ether oxygens (including phenoxy) is 1. The Labute approximate surface area is 128 Å². The Morgan fingerprint density at radius 3 is 2.77 bits per heavy atom. The molecular weight excluding hydrogens is 282 g/mol. The lowest BCUT2D eigenvalue weighted by molar-refractivity contribution is -0.141. The van der Waals surface area contributed by atoms with E-state index in [1.165, 1.54) is 6.08 Å². The zero-order valence-corrected chi connectivity index (χ0v) is 12.4. The highest BCUT2D eigenvalue weighted by Crippen LogP contribution is 2.21. The van der Waals surface area contributed by atoms with E-state index in [-0.39, 0.29) is 6.61 Å². The lowest BCUT2D eigenvalue weighted by Gasteiger charge is -1.98. The van der Waals surface area contributed by atoms with Gasteiger partial charge in [0.1, 0.15) is 0 Å². The second-order valence-corrected chi connectivity index (χ2v) is 4.70. The molecule has 1 heterocycles. The van der Waals surface area contributed by atoms with Crippen molar-refractivity contribution in [2.45, 2.75) is 6.92 Å². The number of allylic oxidation sites excluding steroid dienone is 2. The van der Waals surface area contributed by atoms with Gasteiger partial charge in [-0.2, -0.15) is 0 Å². The summed E-state index contributed by atoms with van der Waals surface area (Å²) in [5, 5.41) is 10.4. The molecule has 0 bridgehead atoms. The smallest absolute Gasteiger partial charge is 0.373 e. The van der Waals surface area contributed by atoms with Crippen molar-refractivity contribution in [3.05, 3.63) is 53.9 Å². The zero-order valence-electron chi connectivity index (χ0n) is 12.4. The van der Waals surface area contributed by atoms with E-state index in [2.05, 4.69) is 4.74 Å². The minimum absolute atomic E-state index is 0.136. The fraction of sp³-hybridized carbons (Fsp3) is 0.176.